The summed E-state index contributed by atoms with van der Waals surface area (Å²) in [6.07, 6.45) is 4.73. The van der Waals surface area contributed by atoms with Crippen LogP contribution >= 0.6 is 0 Å². The molecule has 6 nitrogen and oxygen atoms in total. The first-order valence-corrected chi connectivity index (χ1v) is 9.27. The van der Waals surface area contributed by atoms with Crippen LogP contribution in [-0.2, 0) is 11.2 Å². The van der Waals surface area contributed by atoms with Gasteiger partial charge < -0.3 is 15.4 Å². The Kier molecular flexibility index (Phi) is 7.65. The maximum Gasteiger partial charge on any atom is 0.191 e. The largest absolute Gasteiger partial charge is 0.379 e. The fraction of sp³-hybridized carbons (Fsp3) is 0.684. The maximum absolute atomic E-state index is 5.46. The Morgan fingerprint density at radius 2 is 2.08 bits per heavy atom. The van der Waals surface area contributed by atoms with Gasteiger partial charge in [-0.3, -0.25) is 14.9 Å². The minimum Gasteiger partial charge on any atom is -0.379 e. The molecule has 1 aromatic heterocycles. The summed E-state index contributed by atoms with van der Waals surface area (Å²) in [6.45, 7) is 14.8. The van der Waals surface area contributed by atoms with E-state index in [2.05, 4.69) is 54.3 Å². The zero-order chi connectivity index (χ0) is 18.1. The van der Waals surface area contributed by atoms with Gasteiger partial charge in [0.2, 0.25) is 0 Å². The number of hydrogen-bond donors (Lipinski definition) is 2. The summed E-state index contributed by atoms with van der Waals surface area (Å²) >= 11 is 0. The fourth-order valence-electron chi connectivity index (χ4n) is 2.98. The zero-order valence-electron chi connectivity index (χ0n) is 16.1. The minimum absolute atomic E-state index is 0.0355. The van der Waals surface area contributed by atoms with Gasteiger partial charge in [0.25, 0.3) is 0 Å². The second kappa shape index (κ2) is 9.73. The van der Waals surface area contributed by atoms with E-state index in [0.717, 1.165) is 58.3 Å². The molecular weight excluding hydrogens is 314 g/mol. The smallest absolute Gasteiger partial charge is 0.191 e. The van der Waals surface area contributed by atoms with Gasteiger partial charge in [-0.05, 0) is 51.3 Å². The van der Waals surface area contributed by atoms with Crippen molar-refractivity contribution in [1.82, 2.24) is 20.5 Å². The van der Waals surface area contributed by atoms with Crippen molar-refractivity contribution in [2.75, 3.05) is 45.9 Å². The first kappa shape index (κ1) is 19.7. The summed E-state index contributed by atoms with van der Waals surface area (Å²) in [5.41, 5.74) is 2.60. The molecule has 0 aromatic carbocycles. The highest BCUT2D eigenvalue weighted by molar-refractivity contribution is 5.79. The van der Waals surface area contributed by atoms with Gasteiger partial charge >= 0.3 is 0 Å². The monoisotopic (exact) mass is 347 g/mol. The van der Waals surface area contributed by atoms with E-state index in [4.69, 9.17) is 9.73 Å². The molecule has 2 rings (SSSR count). The number of nitrogens with one attached hydrogen (secondary N) is 2. The molecular formula is C19H33N5O. The van der Waals surface area contributed by atoms with Gasteiger partial charge in [-0.2, -0.15) is 0 Å². The van der Waals surface area contributed by atoms with E-state index in [1.807, 2.05) is 12.4 Å². The third-order valence-electron chi connectivity index (χ3n) is 4.66. The highest BCUT2D eigenvalue weighted by atomic mass is 16.5. The molecule has 1 fully saturated rings. The molecule has 2 N–H and O–H groups in total. The van der Waals surface area contributed by atoms with Gasteiger partial charge in [-0.15, -0.1) is 0 Å². The molecule has 1 aliphatic rings. The summed E-state index contributed by atoms with van der Waals surface area (Å²) in [7, 11) is 0. The fourth-order valence-corrected chi connectivity index (χ4v) is 2.98. The van der Waals surface area contributed by atoms with E-state index in [1.54, 1.807) is 0 Å². The topological polar surface area (TPSA) is 61.8 Å². The Morgan fingerprint density at radius 1 is 1.32 bits per heavy atom. The number of nitrogens with zero attached hydrogens (tertiary/aromatic N) is 3. The number of rotatable bonds is 7. The molecule has 0 unspecified atom stereocenters. The van der Waals surface area contributed by atoms with Gasteiger partial charge in [0.15, 0.2) is 5.96 Å². The van der Waals surface area contributed by atoms with Crippen LogP contribution in [0.4, 0.5) is 0 Å². The standard InChI is InChI=1S/C19H33N5O/c1-5-21-18(22-9-7-17-6-8-20-14-16(17)2)23-15-19(3,4)24-10-12-25-13-11-24/h6,8,14H,5,7,9-13,15H2,1-4H3,(H2,21,22,23). The van der Waals surface area contributed by atoms with Crippen molar-refractivity contribution in [3.05, 3.63) is 29.6 Å². The lowest BCUT2D eigenvalue weighted by molar-refractivity contribution is -0.00683. The van der Waals surface area contributed by atoms with Gasteiger partial charge in [0.1, 0.15) is 0 Å². The van der Waals surface area contributed by atoms with Crippen molar-refractivity contribution >= 4 is 5.96 Å². The Balaban J connectivity index is 1.87. The first-order valence-electron chi connectivity index (χ1n) is 9.27. The van der Waals surface area contributed by atoms with E-state index in [1.165, 1.54) is 11.1 Å². The number of morpholine rings is 1. The lowest BCUT2D eigenvalue weighted by Gasteiger charge is -2.39. The number of aryl methyl sites for hydroxylation is 1. The van der Waals surface area contributed by atoms with Crippen molar-refractivity contribution in [1.29, 1.82) is 0 Å². The Hall–Kier alpha value is -1.66. The van der Waals surface area contributed by atoms with Crippen LogP contribution < -0.4 is 10.6 Å². The number of ether oxygens (including phenoxy) is 1. The lowest BCUT2D eigenvalue weighted by Crippen LogP contribution is -2.52. The van der Waals surface area contributed by atoms with Crippen LogP contribution in [0.15, 0.2) is 23.5 Å². The summed E-state index contributed by atoms with van der Waals surface area (Å²) in [5.74, 6) is 0.885. The maximum atomic E-state index is 5.46. The molecule has 140 valence electrons. The predicted octanol–water partition coefficient (Wildman–Crippen LogP) is 1.60. The number of hydrogen-bond acceptors (Lipinski definition) is 4. The molecule has 1 saturated heterocycles. The van der Waals surface area contributed by atoms with Crippen LogP contribution in [0.5, 0.6) is 0 Å². The second-order valence-electron chi connectivity index (χ2n) is 7.09. The third kappa shape index (κ3) is 6.29. The molecule has 0 bridgehead atoms. The van der Waals surface area contributed by atoms with E-state index >= 15 is 0 Å². The van der Waals surface area contributed by atoms with E-state index < -0.39 is 0 Å². The molecule has 1 aromatic rings. The van der Waals surface area contributed by atoms with Crippen LogP contribution in [0.2, 0.25) is 0 Å². The molecule has 0 saturated carbocycles. The van der Waals surface area contributed by atoms with Crippen LogP contribution in [0.3, 0.4) is 0 Å². The van der Waals surface area contributed by atoms with E-state index in [9.17, 15) is 0 Å². The van der Waals surface area contributed by atoms with Crippen LogP contribution in [0, 0.1) is 6.92 Å². The number of pyridine rings is 1. The van der Waals surface area contributed by atoms with Crippen molar-refractivity contribution in [3.63, 3.8) is 0 Å². The molecule has 0 spiro atoms. The number of guanidine groups is 1. The summed E-state index contributed by atoms with van der Waals surface area (Å²) < 4.78 is 5.46. The predicted molar refractivity (Wildman–Crippen MR) is 103 cm³/mol. The van der Waals surface area contributed by atoms with E-state index in [0.29, 0.717) is 0 Å². The number of aliphatic imine (C=N–C) groups is 1. The van der Waals surface area contributed by atoms with Gasteiger partial charge in [-0.1, -0.05) is 0 Å². The average molecular weight is 348 g/mol. The lowest BCUT2D eigenvalue weighted by atomic mass is 10.0. The van der Waals surface area contributed by atoms with Crippen LogP contribution in [0.25, 0.3) is 0 Å². The molecule has 1 aliphatic heterocycles. The number of aromatic nitrogens is 1. The molecule has 2 heterocycles. The minimum atomic E-state index is 0.0355. The second-order valence-corrected chi connectivity index (χ2v) is 7.09. The Labute approximate surface area is 152 Å². The molecule has 25 heavy (non-hydrogen) atoms. The van der Waals surface area contributed by atoms with Crippen molar-refractivity contribution in [2.45, 2.75) is 39.7 Å². The normalized spacial score (nSPS) is 16.7. The SMILES string of the molecule is CCNC(=NCC(C)(C)N1CCOCC1)NCCc1ccncc1C. The van der Waals surface area contributed by atoms with E-state index in [-0.39, 0.29) is 5.54 Å². The molecule has 0 aliphatic carbocycles. The quantitative estimate of drug-likeness (QED) is 0.579. The van der Waals surface area contributed by atoms with Crippen molar-refractivity contribution < 1.29 is 4.74 Å². The van der Waals surface area contributed by atoms with Gasteiger partial charge in [0.05, 0.1) is 19.8 Å². The average Bonchev–Trinajstić information content (AvgIpc) is 2.62. The summed E-state index contributed by atoms with van der Waals surface area (Å²) in [4.78, 5) is 11.4. The van der Waals surface area contributed by atoms with Gasteiger partial charge in [0, 0.05) is 44.1 Å². The van der Waals surface area contributed by atoms with Crippen molar-refractivity contribution in [2.24, 2.45) is 4.99 Å². The molecule has 0 atom stereocenters. The summed E-state index contributed by atoms with van der Waals surface area (Å²) in [6, 6.07) is 2.09. The molecule has 0 amide bonds. The Bertz CT molecular complexity index is 553. The van der Waals surface area contributed by atoms with Crippen LogP contribution in [-0.4, -0.2) is 67.3 Å². The van der Waals surface area contributed by atoms with Crippen molar-refractivity contribution in [3.8, 4) is 0 Å². The third-order valence-corrected chi connectivity index (χ3v) is 4.66. The first-order chi connectivity index (χ1) is 12.0. The highest BCUT2D eigenvalue weighted by Crippen LogP contribution is 2.16. The van der Waals surface area contributed by atoms with Gasteiger partial charge in [-0.25, -0.2) is 0 Å². The zero-order valence-corrected chi connectivity index (χ0v) is 16.1. The van der Waals surface area contributed by atoms with Crippen LogP contribution in [0.1, 0.15) is 31.9 Å². The summed E-state index contributed by atoms with van der Waals surface area (Å²) in [5, 5.41) is 6.79. The Morgan fingerprint density at radius 3 is 2.76 bits per heavy atom. The highest BCUT2D eigenvalue weighted by Gasteiger charge is 2.28. The molecule has 0 radical (unpaired) electrons. The molecule has 6 heteroatoms.